The Hall–Kier alpha value is -6.19. The summed E-state index contributed by atoms with van der Waals surface area (Å²) >= 11 is 0. The van der Waals surface area contributed by atoms with E-state index in [1.54, 1.807) is 0 Å². The predicted octanol–water partition coefficient (Wildman–Crippen LogP) is 10.8. The molecule has 3 nitrogen and oxygen atoms in total. The van der Waals surface area contributed by atoms with E-state index in [1.807, 2.05) is 36.4 Å². The SMILES string of the molecule is O=C1c2ccccc2C2(c3ccccc31)c1ccccc1N1c3cccc(-c4ccccc4)c3Oc3c(-c4ccccc4)ccc2c31. The first-order chi connectivity index (χ1) is 23.3. The van der Waals surface area contributed by atoms with Crippen LogP contribution in [0.4, 0.5) is 17.1 Å². The highest BCUT2D eigenvalue weighted by Crippen LogP contribution is 2.66. The number of anilines is 3. The van der Waals surface area contributed by atoms with Crippen LogP contribution in [0.15, 0.2) is 164 Å². The van der Waals surface area contributed by atoms with Crippen molar-refractivity contribution in [3.05, 3.63) is 197 Å². The van der Waals surface area contributed by atoms with Crippen LogP contribution in [0.1, 0.15) is 38.2 Å². The molecule has 2 heterocycles. The standard InChI is InChI=1S/C44H27NO2/c46-41-32-18-7-9-21-34(32)44(35-22-10-8-19-33(35)41)36-23-11-12-24-38(36)45-39-25-13-20-30(28-14-3-1-4-15-28)42(39)47-43-31(26-27-37(44)40(43)45)29-16-5-2-6-17-29/h1-27H. The minimum Gasteiger partial charge on any atom is -0.452 e. The molecule has 3 aliphatic rings. The molecule has 0 saturated carbocycles. The summed E-state index contributed by atoms with van der Waals surface area (Å²) in [5.74, 6) is 1.70. The van der Waals surface area contributed by atoms with E-state index in [0.717, 1.165) is 84.2 Å². The molecule has 0 bridgehead atoms. The number of rotatable bonds is 2. The summed E-state index contributed by atoms with van der Waals surface area (Å²) in [6, 6.07) is 56.8. The van der Waals surface area contributed by atoms with Crippen LogP contribution in [0.5, 0.6) is 11.5 Å². The molecule has 47 heavy (non-hydrogen) atoms. The van der Waals surface area contributed by atoms with E-state index in [9.17, 15) is 4.79 Å². The molecule has 0 amide bonds. The van der Waals surface area contributed by atoms with Gasteiger partial charge in [-0.1, -0.05) is 152 Å². The lowest BCUT2D eigenvalue weighted by Crippen LogP contribution is -2.43. The number of hydrogen-bond donors (Lipinski definition) is 0. The van der Waals surface area contributed by atoms with Gasteiger partial charge in [-0.05, 0) is 45.5 Å². The molecule has 2 aliphatic heterocycles. The molecule has 0 radical (unpaired) electrons. The summed E-state index contributed by atoms with van der Waals surface area (Å²) in [5.41, 5.74) is 12.2. The lowest BCUT2D eigenvalue weighted by Gasteiger charge is -2.50. The number of fused-ring (bicyclic) bond motifs is 10. The lowest BCUT2D eigenvalue weighted by atomic mass is 9.57. The fraction of sp³-hybridized carbons (Fsp3) is 0.0227. The van der Waals surface area contributed by atoms with Crippen molar-refractivity contribution < 1.29 is 9.53 Å². The molecule has 7 aromatic carbocycles. The maximum atomic E-state index is 14.1. The second-order valence-corrected chi connectivity index (χ2v) is 12.3. The van der Waals surface area contributed by atoms with Crippen molar-refractivity contribution in [3.8, 4) is 33.8 Å². The van der Waals surface area contributed by atoms with Gasteiger partial charge in [0.1, 0.15) is 0 Å². The van der Waals surface area contributed by atoms with Crippen molar-refractivity contribution in [3.63, 3.8) is 0 Å². The van der Waals surface area contributed by atoms with Crippen molar-refractivity contribution in [2.45, 2.75) is 5.41 Å². The van der Waals surface area contributed by atoms with Crippen molar-refractivity contribution in [2.75, 3.05) is 4.90 Å². The first-order valence-corrected chi connectivity index (χ1v) is 16.0. The largest absolute Gasteiger partial charge is 0.452 e. The normalized spacial score (nSPS) is 14.3. The smallest absolute Gasteiger partial charge is 0.193 e. The maximum Gasteiger partial charge on any atom is 0.193 e. The Morgan fingerprint density at radius 3 is 1.57 bits per heavy atom. The van der Waals surface area contributed by atoms with Gasteiger partial charge in [0.05, 0.1) is 22.5 Å². The Labute approximate surface area is 273 Å². The molecule has 0 N–H and O–H groups in total. The minimum absolute atomic E-state index is 0.0607. The summed E-state index contributed by atoms with van der Waals surface area (Å²) in [4.78, 5) is 16.5. The molecule has 10 rings (SSSR count). The second-order valence-electron chi connectivity index (χ2n) is 12.3. The molecular weight excluding hydrogens is 574 g/mol. The van der Waals surface area contributed by atoms with Gasteiger partial charge in [0, 0.05) is 22.3 Å². The first kappa shape index (κ1) is 26.1. The van der Waals surface area contributed by atoms with E-state index >= 15 is 0 Å². The van der Waals surface area contributed by atoms with Gasteiger partial charge >= 0.3 is 0 Å². The van der Waals surface area contributed by atoms with Gasteiger partial charge in [0.15, 0.2) is 17.3 Å². The summed E-state index contributed by atoms with van der Waals surface area (Å²) in [6.07, 6.45) is 0. The molecule has 1 spiro atoms. The lowest BCUT2D eigenvalue weighted by molar-refractivity contribution is 0.103. The minimum atomic E-state index is -0.745. The Morgan fingerprint density at radius 2 is 0.915 bits per heavy atom. The molecule has 220 valence electrons. The van der Waals surface area contributed by atoms with E-state index in [4.69, 9.17) is 4.74 Å². The number of carbonyl (C=O) groups excluding carboxylic acids is 1. The number of benzene rings is 7. The fourth-order valence-corrected chi connectivity index (χ4v) is 8.19. The van der Waals surface area contributed by atoms with Crippen LogP contribution in [0.25, 0.3) is 22.3 Å². The van der Waals surface area contributed by atoms with Crippen LogP contribution in [0, 0.1) is 0 Å². The van der Waals surface area contributed by atoms with Gasteiger partial charge in [-0.3, -0.25) is 4.79 Å². The fourth-order valence-electron chi connectivity index (χ4n) is 8.19. The van der Waals surface area contributed by atoms with Gasteiger partial charge in [-0.15, -0.1) is 0 Å². The Balaban J connectivity index is 1.38. The van der Waals surface area contributed by atoms with E-state index in [2.05, 4.69) is 132 Å². The van der Waals surface area contributed by atoms with E-state index in [1.165, 1.54) is 0 Å². The molecule has 0 saturated heterocycles. The zero-order valence-electron chi connectivity index (χ0n) is 25.4. The van der Waals surface area contributed by atoms with E-state index in [0.29, 0.717) is 0 Å². The van der Waals surface area contributed by atoms with Crippen LogP contribution >= 0.6 is 0 Å². The van der Waals surface area contributed by atoms with E-state index in [-0.39, 0.29) is 5.78 Å². The van der Waals surface area contributed by atoms with Gasteiger partial charge in [-0.2, -0.15) is 0 Å². The predicted molar refractivity (Wildman–Crippen MR) is 187 cm³/mol. The number of ether oxygens (including phenoxy) is 1. The van der Waals surface area contributed by atoms with Gasteiger partial charge in [-0.25, -0.2) is 0 Å². The topological polar surface area (TPSA) is 29.5 Å². The Morgan fingerprint density at radius 1 is 0.404 bits per heavy atom. The first-order valence-electron chi connectivity index (χ1n) is 16.0. The van der Waals surface area contributed by atoms with Crippen molar-refractivity contribution in [1.29, 1.82) is 0 Å². The quantitative estimate of drug-likeness (QED) is 0.197. The van der Waals surface area contributed by atoms with Gasteiger partial charge in [0.2, 0.25) is 0 Å². The molecule has 0 unspecified atom stereocenters. The summed E-state index contributed by atoms with van der Waals surface area (Å²) in [6.45, 7) is 0. The van der Waals surface area contributed by atoms with Crippen LogP contribution in [0.3, 0.4) is 0 Å². The molecular formula is C44H27NO2. The number of ketones is 1. The van der Waals surface area contributed by atoms with Crippen molar-refractivity contribution in [1.82, 2.24) is 0 Å². The molecule has 0 atom stereocenters. The average Bonchev–Trinajstić information content (AvgIpc) is 3.15. The number of nitrogens with zero attached hydrogens (tertiary/aromatic N) is 1. The number of para-hydroxylation sites is 2. The van der Waals surface area contributed by atoms with Crippen LogP contribution in [-0.2, 0) is 5.41 Å². The third kappa shape index (κ3) is 3.38. The summed E-state index contributed by atoms with van der Waals surface area (Å²) in [5, 5.41) is 0. The third-order valence-electron chi connectivity index (χ3n) is 10.1. The highest BCUT2D eigenvalue weighted by Gasteiger charge is 2.53. The number of carbonyl (C=O) groups is 1. The van der Waals surface area contributed by atoms with Gasteiger partial charge < -0.3 is 9.64 Å². The zero-order valence-corrected chi connectivity index (χ0v) is 25.4. The third-order valence-corrected chi connectivity index (χ3v) is 10.1. The van der Waals surface area contributed by atoms with E-state index < -0.39 is 5.41 Å². The summed E-state index contributed by atoms with van der Waals surface area (Å²) < 4.78 is 7.23. The Bertz CT molecular complexity index is 2360. The molecule has 1 aliphatic carbocycles. The van der Waals surface area contributed by atoms with Crippen LogP contribution in [0.2, 0.25) is 0 Å². The van der Waals surface area contributed by atoms with Gasteiger partial charge in [0.25, 0.3) is 0 Å². The van der Waals surface area contributed by atoms with Crippen LogP contribution in [-0.4, -0.2) is 5.78 Å². The monoisotopic (exact) mass is 601 g/mol. The highest BCUT2D eigenvalue weighted by atomic mass is 16.5. The van der Waals surface area contributed by atoms with Crippen molar-refractivity contribution in [2.24, 2.45) is 0 Å². The zero-order chi connectivity index (χ0) is 31.1. The number of hydrogen-bond acceptors (Lipinski definition) is 3. The maximum absolute atomic E-state index is 14.1. The molecule has 0 aromatic heterocycles. The average molecular weight is 602 g/mol. The van der Waals surface area contributed by atoms with Crippen molar-refractivity contribution >= 4 is 22.8 Å². The highest BCUT2D eigenvalue weighted by molar-refractivity contribution is 6.15. The summed E-state index contributed by atoms with van der Waals surface area (Å²) in [7, 11) is 0. The molecule has 3 heteroatoms. The molecule has 7 aromatic rings. The molecule has 0 fully saturated rings. The van der Waals surface area contributed by atoms with Crippen LogP contribution < -0.4 is 9.64 Å². The second kappa shape index (κ2) is 9.65. The Kier molecular flexibility index (Phi) is 5.35.